The molecule has 1 aromatic carbocycles. The molecule has 0 atom stereocenters. The van der Waals surface area contributed by atoms with Gasteiger partial charge < -0.3 is 0 Å². The highest BCUT2D eigenvalue weighted by Gasteiger charge is 2.19. The zero-order valence-electron chi connectivity index (χ0n) is 8.89. The van der Waals surface area contributed by atoms with Crippen LogP contribution in [0.15, 0.2) is 24.3 Å². The van der Waals surface area contributed by atoms with Gasteiger partial charge in [0.15, 0.2) is 0 Å². The van der Waals surface area contributed by atoms with Gasteiger partial charge in [-0.2, -0.15) is 0 Å². The first-order valence-electron chi connectivity index (χ1n) is 4.37. The van der Waals surface area contributed by atoms with Crippen LogP contribution in [0.2, 0.25) is 0 Å². The van der Waals surface area contributed by atoms with E-state index in [0.717, 1.165) is 16.1 Å². The van der Waals surface area contributed by atoms with Gasteiger partial charge in [-0.1, -0.05) is 17.7 Å². The van der Waals surface area contributed by atoms with E-state index in [9.17, 15) is 13.2 Å². The van der Waals surface area contributed by atoms with E-state index in [1.165, 1.54) is 7.05 Å². The van der Waals surface area contributed by atoms with Crippen LogP contribution in [0.1, 0.15) is 15.9 Å². The molecule has 0 aliphatic rings. The third-order valence-corrected chi connectivity index (χ3v) is 3.24. The Balaban J connectivity index is 3.01. The zero-order chi connectivity index (χ0) is 11.6. The number of carbonyl (C=O) groups excluding carboxylic acids is 1. The van der Waals surface area contributed by atoms with Crippen LogP contribution in [0.5, 0.6) is 0 Å². The molecule has 5 heteroatoms. The number of aryl methyl sites for hydroxylation is 1. The molecule has 0 bridgehead atoms. The van der Waals surface area contributed by atoms with Crippen molar-refractivity contribution in [1.29, 1.82) is 0 Å². The second-order valence-corrected chi connectivity index (χ2v) is 5.42. The Labute approximate surface area is 89.6 Å². The molecule has 0 heterocycles. The molecule has 0 radical (unpaired) electrons. The highest BCUT2D eigenvalue weighted by Crippen LogP contribution is 2.07. The number of hydrogen-bond acceptors (Lipinski definition) is 3. The largest absolute Gasteiger partial charge is 0.268 e. The Hall–Kier alpha value is -1.36. The Bertz CT molecular complexity index is 462. The fourth-order valence-corrected chi connectivity index (χ4v) is 1.44. The highest BCUT2D eigenvalue weighted by molar-refractivity contribution is 7.88. The number of nitrogens with zero attached hydrogens (tertiary/aromatic N) is 1. The Morgan fingerprint density at radius 2 is 1.67 bits per heavy atom. The van der Waals surface area contributed by atoms with Gasteiger partial charge in [0, 0.05) is 12.6 Å². The molecule has 0 saturated carbocycles. The standard InChI is InChI=1S/C10H13NO3S/c1-8-4-6-9(7-5-8)10(12)11(2)15(3,13)14/h4-7H,1-3H3. The van der Waals surface area contributed by atoms with Crippen molar-refractivity contribution in [2.75, 3.05) is 13.3 Å². The minimum atomic E-state index is -3.48. The van der Waals surface area contributed by atoms with Crippen molar-refractivity contribution in [1.82, 2.24) is 4.31 Å². The van der Waals surface area contributed by atoms with Crippen LogP contribution >= 0.6 is 0 Å². The second kappa shape index (κ2) is 4.02. The highest BCUT2D eigenvalue weighted by atomic mass is 32.2. The molecular formula is C10H13NO3S. The predicted molar refractivity (Wildman–Crippen MR) is 58.1 cm³/mol. The Morgan fingerprint density at radius 3 is 2.07 bits per heavy atom. The van der Waals surface area contributed by atoms with E-state index < -0.39 is 15.9 Å². The molecule has 0 unspecified atom stereocenters. The maximum Gasteiger partial charge on any atom is 0.267 e. The molecule has 0 spiro atoms. The summed E-state index contributed by atoms with van der Waals surface area (Å²) in [6, 6.07) is 6.76. The Morgan fingerprint density at radius 1 is 1.20 bits per heavy atom. The molecule has 4 nitrogen and oxygen atoms in total. The zero-order valence-corrected chi connectivity index (χ0v) is 9.71. The van der Waals surface area contributed by atoms with Gasteiger partial charge in [0.2, 0.25) is 10.0 Å². The number of benzene rings is 1. The van der Waals surface area contributed by atoms with Crippen molar-refractivity contribution in [2.24, 2.45) is 0 Å². The van der Waals surface area contributed by atoms with Crippen LogP contribution in [-0.4, -0.2) is 31.9 Å². The van der Waals surface area contributed by atoms with Crippen LogP contribution < -0.4 is 0 Å². The van der Waals surface area contributed by atoms with E-state index >= 15 is 0 Å². The second-order valence-electron chi connectivity index (χ2n) is 3.40. The summed E-state index contributed by atoms with van der Waals surface area (Å²) in [6.45, 7) is 1.90. The number of sulfonamides is 1. The van der Waals surface area contributed by atoms with Crippen LogP contribution in [0.4, 0.5) is 0 Å². The van der Waals surface area contributed by atoms with Gasteiger partial charge in [-0.25, -0.2) is 12.7 Å². The van der Waals surface area contributed by atoms with Gasteiger partial charge in [-0.3, -0.25) is 4.79 Å². The van der Waals surface area contributed by atoms with E-state index in [1.54, 1.807) is 24.3 Å². The smallest absolute Gasteiger partial charge is 0.267 e. The SMILES string of the molecule is Cc1ccc(C(=O)N(C)S(C)(=O)=O)cc1. The molecule has 0 aromatic heterocycles. The molecule has 0 saturated heterocycles. The molecule has 0 aliphatic heterocycles. The first kappa shape index (κ1) is 11.7. The van der Waals surface area contributed by atoms with Crippen molar-refractivity contribution < 1.29 is 13.2 Å². The number of hydrogen-bond donors (Lipinski definition) is 0. The van der Waals surface area contributed by atoms with Gasteiger partial charge in [-0.15, -0.1) is 0 Å². The van der Waals surface area contributed by atoms with Crippen molar-refractivity contribution in [3.63, 3.8) is 0 Å². The van der Waals surface area contributed by atoms with Crippen molar-refractivity contribution >= 4 is 15.9 Å². The summed E-state index contributed by atoms with van der Waals surface area (Å²) in [6.07, 6.45) is 0.999. The average molecular weight is 227 g/mol. The summed E-state index contributed by atoms with van der Waals surface area (Å²) in [7, 11) is -2.23. The van der Waals surface area contributed by atoms with E-state index in [2.05, 4.69) is 0 Å². The lowest BCUT2D eigenvalue weighted by atomic mass is 10.1. The van der Waals surface area contributed by atoms with Crippen LogP contribution in [0, 0.1) is 6.92 Å². The van der Waals surface area contributed by atoms with Gasteiger partial charge in [-0.05, 0) is 19.1 Å². The minimum absolute atomic E-state index is 0.369. The third kappa shape index (κ3) is 2.79. The lowest BCUT2D eigenvalue weighted by Crippen LogP contribution is -2.32. The summed E-state index contributed by atoms with van der Waals surface area (Å²) in [5, 5.41) is 0. The van der Waals surface area contributed by atoms with E-state index in [1.807, 2.05) is 6.92 Å². The molecule has 1 amide bonds. The molecular weight excluding hydrogens is 214 g/mol. The van der Waals surface area contributed by atoms with Crippen molar-refractivity contribution in [2.45, 2.75) is 6.92 Å². The molecule has 0 N–H and O–H groups in total. The maximum atomic E-state index is 11.6. The summed E-state index contributed by atoms with van der Waals surface area (Å²) >= 11 is 0. The average Bonchev–Trinajstić information content (AvgIpc) is 2.15. The maximum absolute atomic E-state index is 11.6. The van der Waals surface area contributed by atoms with Gasteiger partial charge in [0.05, 0.1) is 6.26 Å². The summed E-state index contributed by atoms with van der Waals surface area (Å²) in [4.78, 5) is 11.6. The summed E-state index contributed by atoms with van der Waals surface area (Å²) < 4.78 is 23.0. The Kier molecular flexibility index (Phi) is 3.14. The molecule has 82 valence electrons. The normalized spacial score (nSPS) is 11.1. The molecule has 1 aromatic rings. The van der Waals surface area contributed by atoms with Gasteiger partial charge in [0.25, 0.3) is 5.91 Å². The van der Waals surface area contributed by atoms with Crippen LogP contribution in [-0.2, 0) is 10.0 Å². The van der Waals surface area contributed by atoms with Crippen molar-refractivity contribution in [3.8, 4) is 0 Å². The van der Waals surface area contributed by atoms with Crippen molar-refractivity contribution in [3.05, 3.63) is 35.4 Å². The minimum Gasteiger partial charge on any atom is -0.268 e. The first-order valence-corrected chi connectivity index (χ1v) is 6.22. The number of rotatable bonds is 2. The lowest BCUT2D eigenvalue weighted by molar-refractivity contribution is 0.0884. The van der Waals surface area contributed by atoms with E-state index in [-0.39, 0.29) is 0 Å². The van der Waals surface area contributed by atoms with Gasteiger partial charge >= 0.3 is 0 Å². The summed E-state index contributed by atoms with van der Waals surface area (Å²) in [5.74, 6) is -0.516. The lowest BCUT2D eigenvalue weighted by Gasteiger charge is -2.14. The number of carbonyl (C=O) groups is 1. The topological polar surface area (TPSA) is 54.5 Å². The van der Waals surface area contributed by atoms with E-state index in [0.29, 0.717) is 5.56 Å². The van der Waals surface area contributed by atoms with Crippen LogP contribution in [0.3, 0.4) is 0 Å². The van der Waals surface area contributed by atoms with E-state index in [4.69, 9.17) is 0 Å². The molecule has 0 fully saturated rings. The third-order valence-electron chi connectivity index (χ3n) is 2.08. The number of amides is 1. The predicted octanol–water partition coefficient (Wildman–Crippen LogP) is 1.03. The fraction of sp³-hybridized carbons (Fsp3) is 0.300. The molecule has 0 aliphatic carbocycles. The quantitative estimate of drug-likeness (QED) is 0.758. The molecule has 15 heavy (non-hydrogen) atoms. The van der Waals surface area contributed by atoms with Crippen LogP contribution in [0.25, 0.3) is 0 Å². The monoisotopic (exact) mass is 227 g/mol. The summed E-state index contributed by atoms with van der Waals surface area (Å²) in [5.41, 5.74) is 1.39. The molecule has 1 rings (SSSR count). The van der Waals surface area contributed by atoms with Gasteiger partial charge in [0.1, 0.15) is 0 Å². The fourth-order valence-electron chi connectivity index (χ4n) is 1.03. The first-order chi connectivity index (χ1) is 6.82.